The normalized spacial score (nSPS) is 17.3. The van der Waals surface area contributed by atoms with E-state index in [1.807, 2.05) is 28.8 Å². The van der Waals surface area contributed by atoms with Crippen LogP contribution in [0.4, 0.5) is 5.82 Å². The molecule has 156 valence electrons. The van der Waals surface area contributed by atoms with Gasteiger partial charge in [0.25, 0.3) is 0 Å². The topological polar surface area (TPSA) is 74.6 Å². The van der Waals surface area contributed by atoms with Crippen molar-refractivity contribution in [2.24, 2.45) is 5.92 Å². The van der Waals surface area contributed by atoms with E-state index in [9.17, 15) is 4.79 Å². The van der Waals surface area contributed by atoms with Crippen molar-refractivity contribution in [1.29, 1.82) is 0 Å². The Labute approximate surface area is 176 Å². The summed E-state index contributed by atoms with van der Waals surface area (Å²) < 4.78 is 1.94. The summed E-state index contributed by atoms with van der Waals surface area (Å²) in [5, 5.41) is 11.2. The van der Waals surface area contributed by atoms with Crippen molar-refractivity contribution in [3.8, 4) is 0 Å². The van der Waals surface area contributed by atoms with Crippen LogP contribution in [0.5, 0.6) is 0 Å². The van der Waals surface area contributed by atoms with E-state index in [1.165, 1.54) is 5.56 Å². The molecule has 2 N–H and O–H groups in total. The van der Waals surface area contributed by atoms with Crippen LogP contribution in [-0.2, 0) is 23.2 Å². The number of carbonyl (C=O) groups excluding carboxylic acids is 1. The molecule has 0 spiro atoms. The van der Waals surface area contributed by atoms with Crippen LogP contribution in [0, 0.1) is 5.92 Å². The highest BCUT2D eigenvalue weighted by Gasteiger charge is 2.38. The Morgan fingerprint density at radius 2 is 1.90 bits per heavy atom. The Hall–Kier alpha value is -2.93. The molecule has 2 aromatic heterocycles. The minimum absolute atomic E-state index is 0.0219. The molecule has 0 unspecified atom stereocenters. The van der Waals surface area contributed by atoms with Gasteiger partial charge < -0.3 is 15.5 Å². The first-order valence-corrected chi connectivity index (χ1v) is 10.7. The number of aromatic nitrogens is 3. The summed E-state index contributed by atoms with van der Waals surface area (Å²) in [5.74, 6) is 1.19. The first-order chi connectivity index (χ1) is 14.5. The van der Waals surface area contributed by atoms with Crippen molar-refractivity contribution in [3.05, 3.63) is 59.4 Å². The molecule has 0 bridgehead atoms. The number of carbonyl (C=O) groups is 1. The highest BCUT2D eigenvalue weighted by Crippen LogP contribution is 2.32. The number of anilines is 1. The third-order valence-electron chi connectivity index (χ3n) is 6.26. The van der Waals surface area contributed by atoms with E-state index in [0.29, 0.717) is 13.1 Å². The van der Waals surface area contributed by atoms with Gasteiger partial charge in [-0.15, -0.1) is 0 Å². The van der Waals surface area contributed by atoms with Gasteiger partial charge in [0.05, 0.1) is 23.3 Å². The lowest BCUT2D eigenvalue weighted by Crippen LogP contribution is -2.57. The number of benzene rings is 1. The zero-order valence-corrected chi connectivity index (χ0v) is 17.6. The lowest BCUT2D eigenvalue weighted by molar-refractivity contribution is -0.127. The van der Waals surface area contributed by atoms with E-state index >= 15 is 0 Å². The standard InChI is InChI=1S/C23H28N6O/c1-23(2,17-6-4-3-5-7-17)27-21(30)16-14-28(15-16)22-18-8-11-24-12-9-19(18)26-20-10-13-25-29(20)22/h3-7,10,13,16,24H,8-9,11-12,14-15H2,1-2H3,(H,27,30). The second kappa shape index (κ2) is 7.40. The van der Waals surface area contributed by atoms with E-state index in [-0.39, 0.29) is 11.8 Å². The molecular formula is C23H28N6O. The highest BCUT2D eigenvalue weighted by atomic mass is 16.2. The fourth-order valence-electron chi connectivity index (χ4n) is 4.49. The van der Waals surface area contributed by atoms with Crippen LogP contribution in [0.1, 0.15) is 30.7 Å². The molecule has 1 aromatic carbocycles. The summed E-state index contributed by atoms with van der Waals surface area (Å²) in [4.78, 5) is 20.1. The van der Waals surface area contributed by atoms with E-state index in [1.54, 1.807) is 6.20 Å². The third kappa shape index (κ3) is 3.33. The predicted octanol–water partition coefficient (Wildman–Crippen LogP) is 1.91. The molecule has 1 saturated heterocycles. The van der Waals surface area contributed by atoms with Crippen LogP contribution >= 0.6 is 0 Å². The molecule has 0 atom stereocenters. The Balaban J connectivity index is 1.35. The Morgan fingerprint density at radius 3 is 2.70 bits per heavy atom. The van der Waals surface area contributed by atoms with Crippen molar-refractivity contribution in [3.63, 3.8) is 0 Å². The Morgan fingerprint density at radius 1 is 1.13 bits per heavy atom. The molecule has 2 aliphatic heterocycles. The van der Waals surface area contributed by atoms with Gasteiger partial charge in [0.1, 0.15) is 5.82 Å². The van der Waals surface area contributed by atoms with Crippen molar-refractivity contribution in [2.75, 3.05) is 31.1 Å². The molecule has 30 heavy (non-hydrogen) atoms. The molecule has 4 heterocycles. The number of rotatable bonds is 4. The van der Waals surface area contributed by atoms with Gasteiger partial charge in [-0.05, 0) is 32.4 Å². The molecule has 7 nitrogen and oxygen atoms in total. The van der Waals surface area contributed by atoms with Crippen LogP contribution in [0.3, 0.4) is 0 Å². The maximum Gasteiger partial charge on any atom is 0.227 e. The predicted molar refractivity (Wildman–Crippen MR) is 117 cm³/mol. The van der Waals surface area contributed by atoms with Gasteiger partial charge in [0, 0.05) is 37.7 Å². The fraction of sp³-hybridized carbons (Fsp3) is 0.435. The lowest BCUT2D eigenvalue weighted by atomic mass is 9.91. The van der Waals surface area contributed by atoms with Crippen LogP contribution in [0.2, 0.25) is 0 Å². The number of nitrogens with zero attached hydrogens (tertiary/aromatic N) is 4. The van der Waals surface area contributed by atoms with Gasteiger partial charge >= 0.3 is 0 Å². The van der Waals surface area contributed by atoms with Gasteiger partial charge in [0.15, 0.2) is 5.65 Å². The fourth-order valence-corrected chi connectivity index (χ4v) is 4.49. The van der Waals surface area contributed by atoms with Crippen molar-refractivity contribution < 1.29 is 4.79 Å². The number of hydrogen-bond donors (Lipinski definition) is 2. The molecular weight excluding hydrogens is 376 g/mol. The van der Waals surface area contributed by atoms with Crippen LogP contribution < -0.4 is 15.5 Å². The maximum absolute atomic E-state index is 13.0. The van der Waals surface area contributed by atoms with Crippen molar-refractivity contribution >= 4 is 17.4 Å². The number of amides is 1. The maximum atomic E-state index is 13.0. The SMILES string of the molecule is CC(C)(NC(=O)C1CN(c2c3c(nc4ccnn24)CCNCC3)C1)c1ccccc1. The highest BCUT2D eigenvalue weighted by molar-refractivity contribution is 5.83. The van der Waals surface area contributed by atoms with Gasteiger partial charge in [-0.25, -0.2) is 4.98 Å². The molecule has 2 aliphatic rings. The zero-order valence-electron chi connectivity index (χ0n) is 17.6. The number of hydrogen-bond acceptors (Lipinski definition) is 5. The smallest absolute Gasteiger partial charge is 0.227 e. The largest absolute Gasteiger partial charge is 0.354 e. The first kappa shape index (κ1) is 19.1. The molecule has 5 rings (SSSR count). The molecule has 0 radical (unpaired) electrons. The van der Waals surface area contributed by atoms with E-state index in [2.05, 4.69) is 46.6 Å². The molecule has 1 amide bonds. The van der Waals surface area contributed by atoms with E-state index in [0.717, 1.165) is 48.7 Å². The number of fused-ring (bicyclic) bond motifs is 2. The molecule has 0 saturated carbocycles. The Kier molecular flexibility index (Phi) is 4.70. The van der Waals surface area contributed by atoms with E-state index in [4.69, 9.17) is 4.98 Å². The second-order valence-electron chi connectivity index (χ2n) is 8.79. The van der Waals surface area contributed by atoms with Gasteiger partial charge in [-0.3, -0.25) is 4.79 Å². The van der Waals surface area contributed by atoms with Gasteiger partial charge in [-0.2, -0.15) is 9.61 Å². The first-order valence-electron chi connectivity index (χ1n) is 10.7. The summed E-state index contributed by atoms with van der Waals surface area (Å²) in [6.45, 7) is 7.41. The molecule has 3 aromatic rings. The number of nitrogens with one attached hydrogen (secondary N) is 2. The van der Waals surface area contributed by atoms with Crippen molar-refractivity contribution in [1.82, 2.24) is 25.2 Å². The third-order valence-corrected chi connectivity index (χ3v) is 6.26. The Bertz CT molecular complexity index is 1070. The van der Waals surface area contributed by atoms with E-state index < -0.39 is 5.54 Å². The average Bonchev–Trinajstić information content (AvgIpc) is 3.03. The molecule has 0 aliphatic carbocycles. The second-order valence-corrected chi connectivity index (χ2v) is 8.79. The monoisotopic (exact) mass is 404 g/mol. The summed E-state index contributed by atoms with van der Waals surface area (Å²) in [6.07, 6.45) is 3.66. The minimum atomic E-state index is -0.395. The molecule has 1 fully saturated rings. The van der Waals surface area contributed by atoms with Crippen LogP contribution in [0.15, 0.2) is 42.6 Å². The van der Waals surface area contributed by atoms with Crippen LogP contribution in [0.25, 0.3) is 5.65 Å². The summed E-state index contributed by atoms with van der Waals surface area (Å²) in [6, 6.07) is 12.1. The summed E-state index contributed by atoms with van der Waals surface area (Å²) in [5.41, 5.74) is 4.01. The molecule has 7 heteroatoms. The average molecular weight is 405 g/mol. The van der Waals surface area contributed by atoms with Gasteiger partial charge in [0.2, 0.25) is 5.91 Å². The minimum Gasteiger partial charge on any atom is -0.354 e. The van der Waals surface area contributed by atoms with Crippen LogP contribution in [-0.4, -0.2) is 46.7 Å². The lowest BCUT2D eigenvalue weighted by Gasteiger charge is -2.42. The summed E-state index contributed by atoms with van der Waals surface area (Å²) >= 11 is 0. The summed E-state index contributed by atoms with van der Waals surface area (Å²) in [7, 11) is 0. The van der Waals surface area contributed by atoms with Gasteiger partial charge in [-0.1, -0.05) is 30.3 Å². The quantitative estimate of drug-likeness (QED) is 0.695. The van der Waals surface area contributed by atoms with Crippen molar-refractivity contribution in [2.45, 2.75) is 32.2 Å². The zero-order chi connectivity index (χ0) is 20.7.